The molecule has 4 nitrogen and oxygen atoms in total. The maximum atomic E-state index is 9.23. The van der Waals surface area contributed by atoms with Crippen molar-refractivity contribution in [2.75, 3.05) is 5.73 Å². The van der Waals surface area contributed by atoms with Crippen LogP contribution in [0, 0.1) is 0 Å². The second-order valence-electron chi connectivity index (χ2n) is 4.44. The second-order valence-corrected chi connectivity index (χ2v) is 4.44. The lowest BCUT2D eigenvalue weighted by Gasteiger charge is -2.04. The Labute approximate surface area is 116 Å². The highest BCUT2D eigenvalue weighted by atomic mass is 16.3. The molecular weight excluding hydrogens is 250 g/mol. The van der Waals surface area contributed by atoms with Gasteiger partial charge in [0.05, 0.1) is 11.4 Å². The summed E-state index contributed by atoms with van der Waals surface area (Å²) in [6.07, 6.45) is 0. The van der Waals surface area contributed by atoms with Gasteiger partial charge in [0.2, 0.25) is 0 Å². The van der Waals surface area contributed by atoms with E-state index in [1.807, 2.05) is 36.4 Å². The summed E-state index contributed by atoms with van der Waals surface area (Å²) in [5.41, 5.74) is 8.13. The van der Waals surface area contributed by atoms with E-state index in [0.29, 0.717) is 5.69 Å². The molecule has 20 heavy (non-hydrogen) atoms. The number of rotatable bonds is 2. The van der Waals surface area contributed by atoms with Gasteiger partial charge >= 0.3 is 0 Å². The summed E-state index contributed by atoms with van der Waals surface area (Å²) in [6.45, 7) is 0. The van der Waals surface area contributed by atoms with E-state index in [1.54, 1.807) is 24.3 Å². The standard InChI is InChI=1S/C16H13N3O/c17-15-9-10-16(14-4-2-1-3-13(14)15)19-18-11-5-7-12(20)8-6-11/h1-10,20H,17H2/b19-18+. The van der Waals surface area contributed by atoms with Gasteiger partial charge in [0.25, 0.3) is 0 Å². The van der Waals surface area contributed by atoms with Gasteiger partial charge < -0.3 is 10.8 Å². The Kier molecular flexibility index (Phi) is 3.05. The first kappa shape index (κ1) is 12.2. The maximum Gasteiger partial charge on any atom is 0.115 e. The number of azo groups is 1. The van der Waals surface area contributed by atoms with Crippen molar-refractivity contribution in [2.45, 2.75) is 0 Å². The molecular formula is C16H13N3O. The van der Waals surface area contributed by atoms with Crippen LogP contribution in [-0.2, 0) is 0 Å². The third-order valence-corrected chi connectivity index (χ3v) is 3.06. The lowest BCUT2D eigenvalue weighted by atomic mass is 10.1. The molecule has 0 aliphatic rings. The molecule has 0 heterocycles. The number of fused-ring (bicyclic) bond motifs is 1. The number of phenols is 1. The number of aromatic hydroxyl groups is 1. The number of nitrogen functional groups attached to an aromatic ring is 1. The maximum absolute atomic E-state index is 9.23. The molecule has 0 aliphatic carbocycles. The third-order valence-electron chi connectivity index (χ3n) is 3.06. The summed E-state index contributed by atoms with van der Waals surface area (Å²) in [7, 11) is 0. The van der Waals surface area contributed by atoms with Crippen LogP contribution in [0.4, 0.5) is 17.1 Å². The fourth-order valence-corrected chi connectivity index (χ4v) is 2.02. The molecule has 0 saturated carbocycles. The van der Waals surface area contributed by atoms with Gasteiger partial charge in [-0.05, 0) is 36.4 Å². The zero-order chi connectivity index (χ0) is 13.9. The van der Waals surface area contributed by atoms with E-state index in [2.05, 4.69) is 10.2 Å². The molecule has 3 aromatic rings. The van der Waals surface area contributed by atoms with E-state index >= 15 is 0 Å². The fraction of sp³-hybridized carbons (Fsp3) is 0. The van der Waals surface area contributed by atoms with Gasteiger partial charge in [0.1, 0.15) is 5.75 Å². The van der Waals surface area contributed by atoms with Crippen molar-refractivity contribution in [1.29, 1.82) is 0 Å². The lowest BCUT2D eigenvalue weighted by molar-refractivity contribution is 0.475. The number of nitrogens with zero attached hydrogens (tertiary/aromatic N) is 2. The molecule has 0 radical (unpaired) electrons. The van der Waals surface area contributed by atoms with Crippen LogP contribution in [0.1, 0.15) is 0 Å². The molecule has 0 bridgehead atoms. The van der Waals surface area contributed by atoms with Crippen LogP contribution >= 0.6 is 0 Å². The van der Waals surface area contributed by atoms with Crippen molar-refractivity contribution >= 4 is 27.8 Å². The summed E-state index contributed by atoms with van der Waals surface area (Å²) >= 11 is 0. The first-order valence-electron chi connectivity index (χ1n) is 6.22. The topological polar surface area (TPSA) is 71.0 Å². The molecule has 0 atom stereocenters. The summed E-state index contributed by atoms with van der Waals surface area (Å²) < 4.78 is 0. The molecule has 0 fully saturated rings. The van der Waals surface area contributed by atoms with Crippen LogP contribution in [0.3, 0.4) is 0 Å². The second kappa shape index (κ2) is 5.01. The van der Waals surface area contributed by atoms with E-state index in [9.17, 15) is 5.11 Å². The number of hydrogen-bond donors (Lipinski definition) is 2. The molecule has 0 aromatic heterocycles. The van der Waals surface area contributed by atoms with Crippen LogP contribution in [0.15, 0.2) is 70.9 Å². The highest BCUT2D eigenvalue weighted by molar-refractivity contribution is 5.99. The minimum Gasteiger partial charge on any atom is -0.508 e. The van der Waals surface area contributed by atoms with E-state index < -0.39 is 0 Å². The van der Waals surface area contributed by atoms with E-state index in [0.717, 1.165) is 22.1 Å². The zero-order valence-corrected chi connectivity index (χ0v) is 10.7. The van der Waals surface area contributed by atoms with Gasteiger partial charge in [-0.15, -0.1) is 5.11 Å². The van der Waals surface area contributed by atoms with E-state index in [4.69, 9.17) is 5.73 Å². The highest BCUT2D eigenvalue weighted by Crippen LogP contribution is 2.31. The summed E-state index contributed by atoms with van der Waals surface area (Å²) in [5.74, 6) is 0.210. The van der Waals surface area contributed by atoms with Gasteiger partial charge in [0.15, 0.2) is 0 Å². The van der Waals surface area contributed by atoms with E-state index in [-0.39, 0.29) is 5.75 Å². The van der Waals surface area contributed by atoms with Crippen LogP contribution in [0.5, 0.6) is 5.75 Å². The Morgan fingerprint density at radius 3 is 2.20 bits per heavy atom. The smallest absolute Gasteiger partial charge is 0.115 e. The molecule has 98 valence electrons. The quantitative estimate of drug-likeness (QED) is 0.526. The van der Waals surface area contributed by atoms with Crippen LogP contribution in [-0.4, -0.2) is 5.11 Å². The summed E-state index contributed by atoms with van der Waals surface area (Å²) in [4.78, 5) is 0. The van der Waals surface area contributed by atoms with Crippen LogP contribution in [0.25, 0.3) is 10.8 Å². The molecule has 4 heteroatoms. The van der Waals surface area contributed by atoms with Crippen molar-refractivity contribution in [3.63, 3.8) is 0 Å². The average molecular weight is 263 g/mol. The average Bonchev–Trinajstić information content (AvgIpc) is 2.49. The SMILES string of the molecule is Nc1ccc(/N=N/c2ccc(O)cc2)c2ccccc12. The Balaban J connectivity index is 2.03. The van der Waals surface area contributed by atoms with Crippen LogP contribution < -0.4 is 5.73 Å². The minimum absolute atomic E-state index is 0.210. The van der Waals surface area contributed by atoms with E-state index in [1.165, 1.54) is 0 Å². The molecule has 3 rings (SSSR count). The Hall–Kier alpha value is -2.88. The number of phenolic OH excluding ortho intramolecular Hbond substituents is 1. The molecule has 0 aliphatic heterocycles. The predicted molar refractivity (Wildman–Crippen MR) is 80.6 cm³/mol. The third kappa shape index (κ3) is 2.31. The summed E-state index contributed by atoms with van der Waals surface area (Å²) in [6, 6.07) is 18.1. The monoisotopic (exact) mass is 263 g/mol. The fourth-order valence-electron chi connectivity index (χ4n) is 2.02. The van der Waals surface area contributed by atoms with Gasteiger partial charge in [-0.3, -0.25) is 0 Å². The Morgan fingerprint density at radius 1 is 0.750 bits per heavy atom. The van der Waals surface area contributed by atoms with Gasteiger partial charge in [-0.2, -0.15) is 5.11 Å². The largest absolute Gasteiger partial charge is 0.508 e. The molecule has 0 amide bonds. The number of nitrogens with two attached hydrogens (primary N) is 1. The van der Waals surface area contributed by atoms with Crippen LogP contribution in [0.2, 0.25) is 0 Å². The number of hydrogen-bond acceptors (Lipinski definition) is 4. The Bertz CT molecular complexity index is 779. The molecule has 0 unspecified atom stereocenters. The normalized spacial score (nSPS) is 11.2. The Morgan fingerprint density at radius 2 is 1.45 bits per heavy atom. The molecule has 0 saturated heterocycles. The first-order valence-corrected chi connectivity index (χ1v) is 6.22. The van der Waals surface area contributed by atoms with Crippen molar-refractivity contribution in [2.24, 2.45) is 10.2 Å². The van der Waals surface area contributed by atoms with Gasteiger partial charge in [-0.25, -0.2) is 0 Å². The number of anilines is 1. The lowest BCUT2D eigenvalue weighted by Crippen LogP contribution is -1.86. The van der Waals surface area contributed by atoms with Crippen molar-refractivity contribution in [1.82, 2.24) is 0 Å². The molecule has 0 spiro atoms. The number of benzene rings is 3. The van der Waals surface area contributed by atoms with Gasteiger partial charge in [-0.1, -0.05) is 24.3 Å². The highest BCUT2D eigenvalue weighted by Gasteiger charge is 2.02. The van der Waals surface area contributed by atoms with Crippen molar-refractivity contribution in [3.05, 3.63) is 60.7 Å². The van der Waals surface area contributed by atoms with Crippen molar-refractivity contribution in [3.8, 4) is 5.75 Å². The first-order chi connectivity index (χ1) is 9.74. The zero-order valence-electron chi connectivity index (χ0n) is 10.7. The van der Waals surface area contributed by atoms with Crippen molar-refractivity contribution < 1.29 is 5.11 Å². The van der Waals surface area contributed by atoms with Gasteiger partial charge in [0, 0.05) is 16.5 Å². The minimum atomic E-state index is 0.210. The molecule has 3 aromatic carbocycles. The summed E-state index contributed by atoms with van der Waals surface area (Å²) in [5, 5.41) is 19.6. The predicted octanol–water partition coefficient (Wildman–Crippen LogP) is 4.54. The molecule has 3 N–H and O–H groups in total.